The van der Waals surface area contributed by atoms with Crippen LogP contribution in [0.5, 0.6) is 0 Å². The monoisotopic (exact) mass is 395 g/mol. The van der Waals surface area contributed by atoms with Crippen molar-refractivity contribution in [3.8, 4) is 0 Å². The molecule has 0 fully saturated rings. The van der Waals surface area contributed by atoms with Crippen LogP contribution in [0.2, 0.25) is 0 Å². The molecule has 1 aliphatic heterocycles. The second kappa shape index (κ2) is 7.50. The van der Waals surface area contributed by atoms with Crippen molar-refractivity contribution in [3.05, 3.63) is 58.8 Å². The van der Waals surface area contributed by atoms with Crippen LogP contribution in [-0.2, 0) is 17.9 Å². The number of carbonyl (C=O) groups excluding carboxylic acids is 1. The van der Waals surface area contributed by atoms with Gasteiger partial charge in [0.25, 0.3) is 0 Å². The molecule has 9 heteroatoms. The molecule has 4 rings (SSSR count). The van der Waals surface area contributed by atoms with Crippen LogP contribution in [0.1, 0.15) is 22.5 Å². The Morgan fingerprint density at radius 1 is 1.28 bits per heavy atom. The Hall–Kier alpha value is -3.49. The van der Waals surface area contributed by atoms with E-state index in [2.05, 4.69) is 25.9 Å². The van der Waals surface area contributed by atoms with E-state index < -0.39 is 0 Å². The normalized spacial score (nSPS) is 13.2. The van der Waals surface area contributed by atoms with Gasteiger partial charge in [-0.1, -0.05) is 11.3 Å². The third kappa shape index (κ3) is 4.03. The number of aromatic nitrogens is 4. The Morgan fingerprint density at radius 2 is 2.10 bits per heavy atom. The minimum absolute atomic E-state index is 0.0456. The molecule has 0 spiro atoms. The molecule has 0 radical (unpaired) electrons. The second-order valence-corrected chi connectivity index (χ2v) is 7.22. The maximum atomic E-state index is 13.5. The number of aryl methyl sites for hydroxylation is 2. The van der Waals surface area contributed by atoms with Crippen LogP contribution in [0.15, 0.2) is 30.5 Å². The predicted octanol–water partition coefficient (Wildman–Crippen LogP) is 2.48. The van der Waals surface area contributed by atoms with Crippen LogP contribution in [0.4, 0.5) is 21.6 Å². The van der Waals surface area contributed by atoms with E-state index in [4.69, 9.17) is 0 Å². The number of hydrogen-bond acceptors (Lipinski definition) is 6. The number of fused-ring (bicyclic) bond motifs is 1. The van der Waals surface area contributed by atoms with E-state index in [0.717, 1.165) is 33.9 Å². The van der Waals surface area contributed by atoms with E-state index in [0.29, 0.717) is 25.5 Å². The molecule has 2 N–H and O–H groups in total. The van der Waals surface area contributed by atoms with Gasteiger partial charge in [-0.05, 0) is 37.1 Å². The Bertz CT molecular complexity index is 1080. The molecule has 29 heavy (non-hydrogen) atoms. The molecule has 3 heterocycles. The molecule has 2 aromatic heterocycles. The molecule has 1 aliphatic rings. The van der Waals surface area contributed by atoms with Crippen molar-refractivity contribution in [1.82, 2.24) is 20.0 Å². The van der Waals surface area contributed by atoms with Gasteiger partial charge in [-0.2, -0.15) is 0 Å². The van der Waals surface area contributed by atoms with Crippen molar-refractivity contribution in [2.75, 3.05) is 29.1 Å². The number of pyridine rings is 1. The fourth-order valence-corrected chi connectivity index (χ4v) is 3.34. The lowest BCUT2D eigenvalue weighted by Crippen LogP contribution is -2.36. The third-order valence-electron chi connectivity index (χ3n) is 4.92. The van der Waals surface area contributed by atoms with Gasteiger partial charge in [0.05, 0.1) is 42.9 Å². The van der Waals surface area contributed by atoms with Gasteiger partial charge in [0.1, 0.15) is 17.3 Å². The van der Waals surface area contributed by atoms with Gasteiger partial charge in [0.15, 0.2) is 0 Å². The standard InChI is InChI=1S/C20H22FN7O/c1-12-4-5-15(21)6-14(12)9-28-10-16(25-26-28)8-22-18-7-17-20(13(2)23-18)24-19(29)11-27(17)3/h4-7,10H,8-9,11H2,1-3H3,(H,22,23)(H,24,29). The van der Waals surface area contributed by atoms with Gasteiger partial charge in [-0.25, -0.2) is 14.1 Å². The lowest BCUT2D eigenvalue weighted by Gasteiger charge is -2.28. The number of likely N-dealkylation sites (N-methyl/N-ethyl adjacent to an activating group) is 1. The summed E-state index contributed by atoms with van der Waals surface area (Å²) in [7, 11) is 1.88. The van der Waals surface area contributed by atoms with Crippen LogP contribution in [-0.4, -0.2) is 39.5 Å². The SMILES string of the molecule is Cc1ccc(F)cc1Cn1cc(CNc2cc3c(c(C)n2)NC(=O)CN3C)nn1. The van der Waals surface area contributed by atoms with Crippen LogP contribution in [0, 0.1) is 19.7 Å². The van der Waals surface area contributed by atoms with Crippen molar-refractivity contribution < 1.29 is 9.18 Å². The maximum Gasteiger partial charge on any atom is 0.243 e. The lowest BCUT2D eigenvalue weighted by molar-refractivity contribution is -0.115. The topological polar surface area (TPSA) is 88.0 Å². The zero-order chi connectivity index (χ0) is 20.5. The zero-order valence-electron chi connectivity index (χ0n) is 16.5. The van der Waals surface area contributed by atoms with Gasteiger partial charge < -0.3 is 15.5 Å². The quantitative estimate of drug-likeness (QED) is 0.690. The van der Waals surface area contributed by atoms with E-state index in [-0.39, 0.29) is 11.7 Å². The molecule has 0 atom stereocenters. The maximum absolute atomic E-state index is 13.5. The van der Waals surface area contributed by atoms with Gasteiger partial charge in [0.2, 0.25) is 5.91 Å². The van der Waals surface area contributed by atoms with Crippen LogP contribution < -0.4 is 15.5 Å². The first-order valence-corrected chi connectivity index (χ1v) is 9.29. The van der Waals surface area contributed by atoms with Crippen LogP contribution in [0.25, 0.3) is 0 Å². The Balaban J connectivity index is 1.45. The number of halogens is 1. The summed E-state index contributed by atoms with van der Waals surface area (Å²) in [6, 6.07) is 6.63. The van der Waals surface area contributed by atoms with Gasteiger partial charge >= 0.3 is 0 Å². The summed E-state index contributed by atoms with van der Waals surface area (Å²) in [6.07, 6.45) is 1.83. The van der Waals surface area contributed by atoms with Gasteiger partial charge in [0, 0.05) is 13.1 Å². The lowest BCUT2D eigenvalue weighted by atomic mass is 10.1. The number of carbonyl (C=O) groups is 1. The van der Waals surface area contributed by atoms with Gasteiger partial charge in [-0.3, -0.25) is 4.79 Å². The first-order chi connectivity index (χ1) is 13.9. The summed E-state index contributed by atoms with van der Waals surface area (Å²) >= 11 is 0. The second-order valence-electron chi connectivity index (χ2n) is 7.22. The van der Waals surface area contributed by atoms with Gasteiger partial charge in [-0.15, -0.1) is 5.10 Å². The van der Waals surface area contributed by atoms with Crippen molar-refractivity contribution in [1.29, 1.82) is 0 Å². The first kappa shape index (κ1) is 18.9. The van der Waals surface area contributed by atoms with E-state index in [1.807, 2.05) is 38.1 Å². The third-order valence-corrected chi connectivity index (χ3v) is 4.92. The summed E-state index contributed by atoms with van der Waals surface area (Å²) in [5.41, 5.74) is 5.03. The molecule has 0 bridgehead atoms. The Kier molecular flexibility index (Phi) is 4.87. The predicted molar refractivity (Wildman–Crippen MR) is 108 cm³/mol. The average Bonchev–Trinajstić information content (AvgIpc) is 3.11. The van der Waals surface area contributed by atoms with Crippen molar-refractivity contribution in [3.63, 3.8) is 0 Å². The Labute approximate surface area is 167 Å². The highest BCUT2D eigenvalue weighted by Crippen LogP contribution is 2.32. The van der Waals surface area contributed by atoms with E-state index >= 15 is 0 Å². The highest BCUT2D eigenvalue weighted by molar-refractivity contribution is 6.02. The number of benzene rings is 1. The number of hydrogen-bond donors (Lipinski definition) is 2. The van der Waals surface area contributed by atoms with Crippen LogP contribution >= 0.6 is 0 Å². The summed E-state index contributed by atoms with van der Waals surface area (Å²) in [6.45, 7) is 5.02. The smallest absolute Gasteiger partial charge is 0.243 e. The van der Waals surface area contributed by atoms with Crippen LogP contribution in [0.3, 0.4) is 0 Å². The zero-order valence-corrected chi connectivity index (χ0v) is 16.5. The molecule has 0 saturated heterocycles. The fourth-order valence-electron chi connectivity index (χ4n) is 3.34. The molecule has 0 unspecified atom stereocenters. The number of nitrogens with zero attached hydrogens (tertiary/aromatic N) is 5. The average molecular weight is 395 g/mol. The van der Waals surface area contributed by atoms with E-state index in [1.165, 1.54) is 12.1 Å². The molecule has 0 aliphatic carbocycles. The largest absolute Gasteiger partial charge is 0.364 e. The molecule has 1 amide bonds. The van der Waals surface area contributed by atoms with E-state index in [9.17, 15) is 9.18 Å². The highest BCUT2D eigenvalue weighted by Gasteiger charge is 2.22. The van der Waals surface area contributed by atoms with Crippen molar-refractivity contribution >= 4 is 23.1 Å². The minimum atomic E-state index is -0.261. The Morgan fingerprint density at radius 3 is 2.93 bits per heavy atom. The number of amides is 1. The first-order valence-electron chi connectivity index (χ1n) is 9.29. The molecular formula is C20H22FN7O. The fraction of sp³-hybridized carbons (Fsp3) is 0.300. The van der Waals surface area contributed by atoms with Crippen molar-refractivity contribution in [2.24, 2.45) is 0 Å². The summed E-state index contributed by atoms with van der Waals surface area (Å²) < 4.78 is 15.2. The molecule has 8 nitrogen and oxygen atoms in total. The number of anilines is 3. The molecule has 1 aromatic carbocycles. The highest BCUT2D eigenvalue weighted by atomic mass is 19.1. The summed E-state index contributed by atoms with van der Waals surface area (Å²) in [5, 5.41) is 14.4. The molecule has 3 aromatic rings. The molecule has 150 valence electrons. The molecule has 0 saturated carbocycles. The summed E-state index contributed by atoms with van der Waals surface area (Å²) in [4.78, 5) is 18.1. The number of rotatable bonds is 5. The number of nitrogens with one attached hydrogen (secondary N) is 2. The minimum Gasteiger partial charge on any atom is -0.364 e. The van der Waals surface area contributed by atoms with E-state index in [1.54, 1.807) is 10.7 Å². The van der Waals surface area contributed by atoms with Crippen molar-refractivity contribution in [2.45, 2.75) is 26.9 Å². The summed E-state index contributed by atoms with van der Waals surface area (Å²) in [5.74, 6) is 0.387. The molecular weight excluding hydrogens is 373 g/mol.